The molecule has 1 aromatic carbocycles. The number of hydrogen-bond donors (Lipinski definition) is 0. The molecule has 0 aliphatic rings. The molecule has 0 heterocycles. The van der Waals surface area contributed by atoms with Gasteiger partial charge in [-0.05, 0) is 18.1 Å². The molecular formula is C9H9F2. The van der Waals surface area contributed by atoms with Crippen LogP contribution in [0.1, 0.15) is 24.5 Å². The van der Waals surface area contributed by atoms with Gasteiger partial charge in [0.1, 0.15) is 0 Å². The molecule has 2 heteroatoms. The summed E-state index contributed by atoms with van der Waals surface area (Å²) in [6.07, 6.45) is -1.76. The fourth-order valence-corrected chi connectivity index (χ4v) is 0.995. The average molecular weight is 155 g/mol. The van der Waals surface area contributed by atoms with Crippen LogP contribution in [0.5, 0.6) is 0 Å². The van der Waals surface area contributed by atoms with Crippen molar-refractivity contribution in [2.45, 2.75) is 19.8 Å². The van der Waals surface area contributed by atoms with Crippen molar-refractivity contribution in [1.29, 1.82) is 0 Å². The molecule has 1 radical (unpaired) electrons. The number of benzene rings is 1. The quantitative estimate of drug-likeness (QED) is 0.615. The normalized spacial score (nSPS) is 10.5. The third-order valence-electron chi connectivity index (χ3n) is 1.57. The Labute approximate surface area is 64.9 Å². The zero-order valence-corrected chi connectivity index (χ0v) is 6.27. The second kappa shape index (κ2) is 3.46. The van der Waals surface area contributed by atoms with Gasteiger partial charge < -0.3 is 0 Å². The molecule has 0 bridgehead atoms. The molecule has 0 nitrogen and oxygen atoms in total. The van der Waals surface area contributed by atoms with Gasteiger partial charge in [-0.3, -0.25) is 0 Å². The van der Waals surface area contributed by atoms with E-state index in [0.717, 1.165) is 0 Å². The Kier molecular flexibility index (Phi) is 2.58. The largest absolute Gasteiger partial charge is 0.264 e. The second-order valence-corrected chi connectivity index (χ2v) is 2.26. The van der Waals surface area contributed by atoms with Crippen molar-refractivity contribution in [3.63, 3.8) is 0 Å². The molecule has 0 fully saturated rings. The molecule has 0 unspecified atom stereocenters. The van der Waals surface area contributed by atoms with Crippen molar-refractivity contribution in [2.75, 3.05) is 0 Å². The van der Waals surface area contributed by atoms with Gasteiger partial charge in [0.2, 0.25) is 0 Å². The van der Waals surface area contributed by atoms with E-state index in [1.165, 1.54) is 6.07 Å². The summed E-state index contributed by atoms with van der Waals surface area (Å²) in [7, 11) is 0. The first-order chi connectivity index (χ1) is 5.25. The van der Waals surface area contributed by atoms with Crippen LogP contribution < -0.4 is 0 Å². The summed E-state index contributed by atoms with van der Waals surface area (Å²) in [4.78, 5) is 0. The minimum Gasteiger partial charge on any atom is -0.205 e. The van der Waals surface area contributed by atoms with Gasteiger partial charge in [0.15, 0.2) is 0 Å². The highest BCUT2D eigenvalue weighted by Crippen LogP contribution is 2.22. The molecule has 1 rings (SSSR count). The molecule has 11 heavy (non-hydrogen) atoms. The highest BCUT2D eigenvalue weighted by Gasteiger charge is 2.09. The summed E-state index contributed by atoms with van der Waals surface area (Å²) in [5, 5.41) is 0. The second-order valence-electron chi connectivity index (χ2n) is 2.26. The molecule has 0 saturated carbocycles. The minimum atomic E-state index is -2.37. The fourth-order valence-electron chi connectivity index (χ4n) is 0.995. The number of rotatable bonds is 2. The van der Waals surface area contributed by atoms with E-state index in [1.54, 1.807) is 12.1 Å². The van der Waals surface area contributed by atoms with E-state index in [4.69, 9.17) is 0 Å². The van der Waals surface area contributed by atoms with Crippen LogP contribution in [0.25, 0.3) is 0 Å². The Bertz CT molecular complexity index is 231. The third kappa shape index (κ3) is 1.76. The van der Waals surface area contributed by atoms with Crippen LogP contribution in [0.2, 0.25) is 0 Å². The molecule has 0 aliphatic carbocycles. The lowest BCUT2D eigenvalue weighted by Gasteiger charge is -2.04. The molecule has 0 atom stereocenters. The lowest BCUT2D eigenvalue weighted by Crippen LogP contribution is -1.91. The van der Waals surface area contributed by atoms with Crippen LogP contribution in [0.3, 0.4) is 0 Å². The Hall–Kier alpha value is -0.920. The average Bonchev–Trinajstić information content (AvgIpc) is 2.04. The van der Waals surface area contributed by atoms with Crippen molar-refractivity contribution >= 4 is 0 Å². The van der Waals surface area contributed by atoms with Gasteiger partial charge >= 0.3 is 0 Å². The Morgan fingerprint density at radius 2 is 2.27 bits per heavy atom. The highest BCUT2D eigenvalue weighted by atomic mass is 19.3. The van der Waals surface area contributed by atoms with E-state index < -0.39 is 6.43 Å². The molecular weight excluding hydrogens is 146 g/mol. The number of alkyl halides is 2. The van der Waals surface area contributed by atoms with Gasteiger partial charge in [0, 0.05) is 5.56 Å². The van der Waals surface area contributed by atoms with E-state index in [-0.39, 0.29) is 5.56 Å². The van der Waals surface area contributed by atoms with Crippen molar-refractivity contribution in [3.05, 3.63) is 35.4 Å². The van der Waals surface area contributed by atoms with Crippen molar-refractivity contribution in [2.24, 2.45) is 0 Å². The lowest BCUT2D eigenvalue weighted by molar-refractivity contribution is 0.150. The third-order valence-corrected chi connectivity index (χ3v) is 1.57. The first kappa shape index (κ1) is 8.18. The van der Waals surface area contributed by atoms with Crippen LogP contribution in [0.15, 0.2) is 18.2 Å². The van der Waals surface area contributed by atoms with Crippen LogP contribution in [0.4, 0.5) is 8.78 Å². The van der Waals surface area contributed by atoms with Crippen molar-refractivity contribution in [3.8, 4) is 0 Å². The number of aryl methyl sites for hydroxylation is 1. The molecule has 0 aromatic heterocycles. The lowest BCUT2D eigenvalue weighted by atomic mass is 10.1. The molecule has 0 saturated heterocycles. The van der Waals surface area contributed by atoms with Gasteiger partial charge in [-0.25, -0.2) is 8.78 Å². The van der Waals surface area contributed by atoms with Gasteiger partial charge in [-0.15, -0.1) is 0 Å². The van der Waals surface area contributed by atoms with E-state index in [1.807, 2.05) is 6.92 Å². The first-order valence-electron chi connectivity index (χ1n) is 3.53. The first-order valence-corrected chi connectivity index (χ1v) is 3.53. The Balaban J connectivity index is 3.02. The number of hydrogen-bond acceptors (Lipinski definition) is 0. The summed E-state index contributed by atoms with van der Waals surface area (Å²) in [5.41, 5.74) is 0.720. The van der Waals surface area contributed by atoms with Gasteiger partial charge in [0.25, 0.3) is 6.43 Å². The summed E-state index contributed by atoms with van der Waals surface area (Å²) >= 11 is 0. The molecule has 0 N–H and O–H groups in total. The molecule has 0 aliphatic heterocycles. The van der Waals surface area contributed by atoms with Crippen LogP contribution in [0, 0.1) is 6.07 Å². The smallest absolute Gasteiger partial charge is 0.205 e. The minimum absolute atomic E-state index is 0.106. The Morgan fingerprint density at radius 1 is 1.55 bits per heavy atom. The maximum atomic E-state index is 12.2. The topological polar surface area (TPSA) is 0 Å². The monoisotopic (exact) mass is 155 g/mol. The van der Waals surface area contributed by atoms with Gasteiger partial charge in [-0.2, -0.15) is 0 Å². The molecule has 59 valence electrons. The SMILES string of the molecule is CCc1[c]cccc1C(F)F. The highest BCUT2D eigenvalue weighted by molar-refractivity contribution is 5.26. The van der Waals surface area contributed by atoms with Gasteiger partial charge in [-0.1, -0.05) is 25.1 Å². The number of halogens is 2. The van der Waals surface area contributed by atoms with E-state index in [0.29, 0.717) is 12.0 Å². The zero-order chi connectivity index (χ0) is 8.27. The summed E-state index contributed by atoms with van der Waals surface area (Å²) in [6, 6.07) is 7.47. The molecule has 0 amide bonds. The van der Waals surface area contributed by atoms with E-state index >= 15 is 0 Å². The maximum Gasteiger partial charge on any atom is 0.264 e. The van der Waals surface area contributed by atoms with Crippen molar-refractivity contribution < 1.29 is 8.78 Å². The van der Waals surface area contributed by atoms with Crippen LogP contribution in [-0.2, 0) is 6.42 Å². The predicted molar refractivity (Wildman–Crippen MR) is 39.6 cm³/mol. The maximum absolute atomic E-state index is 12.2. The standard InChI is InChI=1S/C9H9F2/c1-2-7-5-3-4-6-8(7)9(10)11/h3-4,6,9H,2H2,1H3. The summed E-state index contributed by atoms with van der Waals surface area (Å²) < 4.78 is 24.4. The van der Waals surface area contributed by atoms with Crippen molar-refractivity contribution in [1.82, 2.24) is 0 Å². The zero-order valence-electron chi connectivity index (χ0n) is 6.27. The van der Waals surface area contributed by atoms with E-state index in [9.17, 15) is 8.78 Å². The molecule has 0 spiro atoms. The van der Waals surface area contributed by atoms with E-state index in [2.05, 4.69) is 6.07 Å². The van der Waals surface area contributed by atoms with Crippen LogP contribution in [-0.4, -0.2) is 0 Å². The predicted octanol–water partition coefficient (Wildman–Crippen LogP) is 2.99. The van der Waals surface area contributed by atoms with Gasteiger partial charge in [0.05, 0.1) is 0 Å². The Morgan fingerprint density at radius 3 is 2.73 bits per heavy atom. The fraction of sp³-hybridized carbons (Fsp3) is 0.333. The summed E-state index contributed by atoms with van der Waals surface area (Å²) in [6.45, 7) is 1.84. The van der Waals surface area contributed by atoms with Crippen LogP contribution >= 0.6 is 0 Å². The molecule has 1 aromatic rings. The summed E-state index contributed by atoms with van der Waals surface area (Å²) in [5.74, 6) is 0.